The van der Waals surface area contributed by atoms with Crippen molar-refractivity contribution in [2.45, 2.75) is 26.4 Å². The lowest BCUT2D eigenvalue weighted by Gasteiger charge is -2.33. The first-order valence-electron chi connectivity index (χ1n) is 5.15. The summed E-state index contributed by atoms with van der Waals surface area (Å²) in [5, 5.41) is 0.803. The van der Waals surface area contributed by atoms with E-state index in [1.807, 2.05) is 18.7 Å². The molecule has 0 spiro atoms. The van der Waals surface area contributed by atoms with Crippen molar-refractivity contribution in [3.05, 3.63) is 0 Å². The molecule has 1 saturated heterocycles. The summed E-state index contributed by atoms with van der Waals surface area (Å²) in [4.78, 5) is 13.8. The Morgan fingerprint density at radius 2 is 2.43 bits per heavy atom. The van der Waals surface area contributed by atoms with E-state index in [0.717, 1.165) is 24.8 Å². The average molecular weight is 264 g/mol. The maximum Gasteiger partial charge on any atom is 0.225 e. The number of ether oxygens (including phenoxy) is 1. The van der Waals surface area contributed by atoms with Crippen LogP contribution in [0.1, 0.15) is 20.3 Å². The quantitative estimate of drug-likeness (QED) is 0.725. The number of amides is 1. The molecule has 0 bridgehead atoms. The van der Waals surface area contributed by atoms with Crippen LogP contribution in [0.15, 0.2) is 0 Å². The molecule has 1 aliphatic rings. The minimum Gasteiger partial charge on any atom is -0.374 e. The Kier molecular flexibility index (Phi) is 4.89. The lowest BCUT2D eigenvalue weighted by Crippen LogP contribution is -2.47. The molecule has 4 heteroatoms. The van der Waals surface area contributed by atoms with Gasteiger partial charge in [-0.25, -0.2) is 0 Å². The van der Waals surface area contributed by atoms with Gasteiger partial charge in [0.2, 0.25) is 5.91 Å². The van der Waals surface area contributed by atoms with Gasteiger partial charge >= 0.3 is 0 Å². The molecule has 0 aliphatic carbocycles. The molecule has 0 saturated carbocycles. The lowest BCUT2D eigenvalue weighted by atomic mass is 10.1. The zero-order valence-corrected chi connectivity index (χ0v) is 10.4. The van der Waals surface area contributed by atoms with E-state index >= 15 is 0 Å². The first-order valence-corrected chi connectivity index (χ1v) is 6.27. The smallest absolute Gasteiger partial charge is 0.225 e. The van der Waals surface area contributed by atoms with E-state index in [-0.39, 0.29) is 17.9 Å². The summed E-state index contributed by atoms with van der Waals surface area (Å²) >= 11 is 3.38. The highest BCUT2D eigenvalue weighted by Gasteiger charge is 2.25. The molecule has 0 aromatic carbocycles. The van der Waals surface area contributed by atoms with Crippen LogP contribution in [0, 0.1) is 5.92 Å². The summed E-state index contributed by atoms with van der Waals surface area (Å²) in [5.74, 6) is 0.408. The molecule has 1 fully saturated rings. The predicted octanol–water partition coefficient (Wildman–Crippen LogP) is 1.65. The second-order valence-corrected chi connectivity index (χ2v) is 4.39. The van der Waals surface area contributed by atoms with Gasteiger partial charge in [0.1, 0.15) is 0 Å². The Hall–Kier alpha value is -0.0900. The van der Waals surface area contributed by atoms with Gasteiger partial charge in [0.15, 0.2) is 0 Å². The highest BCUT2D eigenvalue weighted by Crippen LogP contribution is 2.12. The number of rotatable bonds is 3. The maximum atomic E-state index is 11.8. The molecule has 1 aliphatic heterocycles. The highest BCUT2D eigenvalue weighted by atomic mass is 79.9. The minimum atomic E-state index is 0.143. The molecule has 82 valence electrons. The van der Waals surface area contributed by atoms with Crippen molar-refractivity contribution in [3.8, 4) is 0 Å². The second-order valence-electron chi connectivity index (χ2n) is 3.74. The van der Waals surface area contributed by atoms with Gasteiger partial charge in [0.05, 0.1) is 12.7 Å². The van der Waals surface area contributed by atoms with Crippen LogP contribution in [-0.4, -0.2) is 41.9 Å². The van der Waals surface area contributed by atoms with Crippen LogP contribution in [0.4, 0.5) is 0 Å². The van der Waals surface area contributed by atoms with E-state index in [9.17, 15) is 4.79 Å². The highest BCUT2D eigenvalue weighted by molar-refractivity contribution is 9.09. The summed E-state index contributed by atoms with van der Waals surface area (Å²) in [6, 6.07) is 0. The minimum absolute atomic E-state index is 0.143. The summed E-state index contributed by atoms with van der Waals surface area (Å²) in [6.07, 6.45) is 1.08. The average Bonchev–Trinajstić information content (AvgIpc) is 2.27. The third-order valence-electron chi connectivity index (χ3n) is 2.66. The van der Waals surface area contributed by atoms with Crippen molar-refractivity contribution in [1.82, 2.24) is 4.90 Å². The summed E-state index contributed by atoms with van der Waals surface area (Å²) in [6.45, 7) is 6.17. The fourth-order valence-electron chi connectivity index (χ4n) is 1.50. The molecule has 0 aromatic heterocycles. The molecular weight excluding hydrogens is 246 g/mol. The number of halogens is 1. The number of carbonyl (C=O) groups is 1. The Morgan fingerprint density at radius 1 is 1.71 bits per heavy atom. The van der Waals surface area contributed by atoms with Gasteiger partial charge in [-0.3, -0.25) is 4.79 Å². The third kappa shape index (κ3) is 2.95. The molecule has 1 rings (SSSR count). The summed E-state index contributed by atoms with van der Waals surface area (Å²) in [5.41, 5.74) is 0. The molecule has 0 radical (unpaired) electrons. The molecule has 1 amide bonds. The standard InChI is InChI=1S/C10H18BrNO2/c1-3-8(2)10(13)12-4-5-14-9(6-11)7-12/h8-9H,3-7H2,1-2H3. The summed E-state index contributed by atoms with van der Waals surface area (Å²) < 4.78 is 5.48. The van der Waals surface area contributed by atoms with E-state index in [2.05, 4.69) is 15.9 Å². The van der Waals surface area contributed by atoms with Crippen molar-refractivity contribution in [2.75, 3.05) is 25.0 Å². The van der Waals surface area contributed by atoms with Crippen LogP contribution in [0.2, 0.25) is 0 Å². The van der Waals surface area contributed by atoms with Crippen molar-refractivity contribution < 1.29 is 9.53 Å². The zero-order chi connectivity index (χ0) is 10.6. The number of alkyl halides is 1. The molecule has 0 N–H and O–H groups in total. The number of morpholine rings is 1. The Bertz CT molecular complexity index is 199. The van der Waals surface area contributed by atoms with Crippen molar-refractivity contribution in [3.63, 3.8) is 0 Å². The van der Waals surface area contributed by atoms with Gasteiger partial charge in [-0.05, 0) is 6.42 Å². The van der Waals surface area contributed by atoms with Crippen LogP contribution in [0.5, 0.6) is 0 Å². The molecule has 1 heterocycles. The monoisotopic (exact) mass is 263 g/mol. The van der Waals surface area contributed by atoms with Crippen LogP contribution in [0.3, 0.4) is 0 Å². The van der Waals surface area contributed by atoms with Gasteiger partial charge < -0.3 is 9.64 Å². The van der Waals surface area contributed by atoms with Gasteiger partial charge in [-0.1, -0.05) is 29.8 Å². The van der Waals surface area contributed by atoms with E-state index < -0.39 is 0 Å². The molecule has 2 unspecified atom stereocenters. The second kappa shape index (κ2) is 5.71. The predicted molar refractivity (Wildman–Crippen MR) is 59.6 cm³/mol. The SMILES string of the molecule is CCC(C)C(=O)N1CCOC(CBr)C1. The third-order valence-corrected chi connectivity index (χ3v) is 3.38. The van der Waals surface area contributed by atoms with Crippen LogP contribution in [-0.2, 0) is 9.53 Å². The number of carbonyl (C=O) groups excluding carboxylic acids is 1. The first-order chi connectivity index (χ1) is 6.69. The fourth-order valence-corrected chi connectivity index (χ4v) is 1.89. The van der Waals surface area contributed by atoms with Crippen molar-refractivity contribution >= 4 is 21.8 Å². The summed E-state index contributed by atoms with van der Waals surface area (Å²) in [7, 11) is 0. The molecule has 0 aromatic rings. The normalized spacial score (nSPS) is 24.8. The largest absolute Gasteiger partial charge is 0.374 e. The molecule has 14 heavy (non-hydrogen) atoms. The van der Waals surface area contributed by atoms with Crippen LogP contribution < -0.4 is 0 Å². The number of nitrogens with zero attached hydrogens (tertiary/aromatic N) is 1. The van der Waals surface area contributed by atoms with E-state index in [1.165, 1.54) is 0 Å². The fraction of sp³-hybridized carbons (Fsp3) is 0.900. The number of hydrogen-bond donors (Lipinski definition) is 0. The van der Waals surface area contributed by atoms with Gasteiger partial charge in [-0.2, -0.15) is 0 Å². The van der Waals surface area contributed by atoms with Crippen molar-refractivity contribution in [2.24, 2.45) is 5.92 Å². The van der Waals surface area contributed by atoms with Crippen molar-refractivity contribution in [1.29, 1.82) is 0 Å². The Morgan fingerprint density at radius 3 is 3.00 bits per heavy atom. The van der Waals surface area contributed by atoms with Crippen LogP contribution >= 0.6 is 15.9 Å². The van der Waals surface area contributed by atoms with Gasteiger partial charge in [-0.15, -0.1) is 0 Å². The van der Waals surface area contributed by atoms with Crippen LogP contribution in [0.25, 0.3) is 0 Å². The first kappa shape index (κ1) is 12.0. The molecule has 2 atom stereocenters. The van der Waals surface area contributed by atoms with E-state index in [4.69, 9.17) is 4.74 Å². The van der Waals surface area contributed by atoms with Gasteiger partial charge in [0.25, 0.3) is 0 Å². The molecule has 3 nitrogen and oxygen atoms in total. The Balaban J connectivity index is 2.47. The zero-order valence-electron chi connectivity index (χ0n) is 8.83. The number of hydrogen-bond acceptors (Lipinski definition) is 2. The topological polar surface area (TPSA) is 29.5 Å². The Labute approximate surface area is 93.9 Å². The maximum absolute atomic E-state index is 11.8. The lowest BCUT2D eigenvalue weighted by molar-refractivity contribution is -0.141. The van der Waals surface area contributed by atoms with E-state index in [1.54, 1.807) is 0 Å². The van der Waals surface area contributed by atoms with Gasteiger partial charge in [0, 0.05) is 24.3 Å². The molecular formula is C10H18BrNO2. The van der Waals surface area contributed by atoms with E-state index in [0.29, 0.717) is 6.61 Å².